The van der Waals surface area contributed by atoms with Gasteiger partial charge >= 0.3 is 0 Å². The van der Waals surface area contributed by atoms with E-state index in [9.17, 15) is 0 Å². The standard InChI is InChI=1S/C18H22N2O2/c1-2-6-13(7-3-1)10-11-14-12-17-18(20-19-14)22-16-9-5-4-8-15(16)21-17/h4-5,8-14,18-20H,1-3,6-7H2/b11-10+. The number of nitrogens with one attached hydrogen (secondary N) is 2. The van der Waals surface area contributed by atoms with Crippen molar-refractivity contribution >= 4 is 0 Å². The summed E-state index contributed by atoms with van der Waals surface area (Å²) in [6.07, 6.45) is 13.2. The van der Waals surface area contributed by atoms with Crippen LogP contribution in [0, 0.1) is 5.92 Å². The summed E-state index contributed by atoms with van der Waals surface area (Å²) in [7, 11) is 0. The maximum Gasteiger partial charge on any atom is 0.221 e. The molecule has 0 bridgehead atoms. The van der Waals surface area contributed by atoms with Gasteiger partial charge in [-0.15, -0.1) is 0 Å². The molecule has 0 aromatic heterocycles. The number of para-hydroxylation sites is 2. The van der Waals surface area contributed by atoms with Crippen molar-refractivity contribution in [2.45, 2.75) is 44.4 Å². The highest BCUT2D eigenvalue weighted by atomic mass is 16.6. The molecule has 4 nitrogen and oxygen atoms in total. The fraction of sp³-hybridized carbons (Fsp3) is 0.444. The maximum atomic E-state index is 5.96. The Bertz CT molecular complexity index is 591. The van der Waals surface area contributed by atoms with E-state index in [-0.39, 0.29) is 12.3 Å². The van der Waals surface area contributed by atoms with Crippen molar-refractivity contribution in [2.24, 2.45) is 5.92 Å². The molecule has 2 N–H and O–H groups in total. The van der Waals surface area contributed by atoms with E-state index in [0.717, 1.165) is 23.2 Å². The van der Waals surface area contributed by atoms with Crippen molar-refractivity contribution in [1.29, 1.82) is 0 Å². The van der Waals surface area contributed by atoms with Gasteiger partial charge in [-0.05, 0) is 37.0 Å². The van der Waals surface area contributed by atoms with Gasteiger partial charge in [0.1, 0.15) is 0 Å². The summed E-state index contributed by atoms with van der Waals surface area (Å²) < 4.78 is 11.8. The Balaban J connectivity index is 1.46. The molecule has 2 atom stereocenters. The van der Waals surface area contributed by atoms with Gasteiger partial charge in [-0.3, -0.25) is 0 Å². The molecular formula is C18H22N2O2. The highest BCUT2D eigenvalue weighted by Crippen LogP contribution is 2.35. The van der Waals surface area contributed by atoms with Gasteiger partial charge in [0.05, 0.1) is 6.04 Å². The average Bonchev–Trinajstić information content (AvgIpc) is 2.59. The molecule has 4 rings (SSSR count). The van der Waals surface area contributed by atoms with Crippen molar-refractivity contribution in [3.05, 3.63) is 48.3 Å². The monoisotopic (exact) mass is 298 g/mol. The molecular weight excluding hydrogens is 276 g/mol. The molecule has 2 heterocycles. The summed E-state index contributed by atoms with van der Waals surface area (Å²) in [6, 6.07) is 7.90. The van der Waals surface area contributed by atoms with Gasteiger partial charge in [-0.25, -0.2) is 10.9 Å². The van der Waals surface area contributed by atoms with Crippen molar-refractivity contribution in [1.82, 2.24) is 10.9 Å². The number of fused-ring (bicyclic) bond motifs is 2. The summed E-state index contributed by atoms with van der Waals surface area (Å²) in [5.41, 5.74) is 6.45. The van der Waals surface area contributed by atoms with Gasteiger partial charge in [0.15, 0.2) is 17.3 Å². The van der Waals surface area contributed by atoms with Gasteiger partial charge in [0.2, 0.25) is 6.23 Å². The summed E-state index contributed by atoms with van der Waals surface area (Å²) in [4.78, 5) is 0. The molecule has 2 unspecified atom stereocenters. The van der Waals surface area contributed by atoms with Crippen LogP contribution in [0.2, 0.25) is 0 Å². The van der Waals surface area contributed by atoms with Crippen LogP contribution in [0.3, 0.4) is 0 Å². The van der Waals surface area contributed by atoms with Crippen LogP contribution in [-0.4, -0.2) is 12.3 Å². The third-order valence-corrected chi connectivity index (χ3v) is 4.55. The molecule has 0 radical (unpaired) electrons. The second kappa shape index (κ2) is 6.15. The number of hydrogen-bond acceptors (Lipinski definition) is 4. The molecule has 0 saturated heterocycles. The molecule has 1 aromatic rings. The van der Waals surface area contributed by atoms with Crippen molar-refractivity contribution in [3.8, 4) is 11.5 Å². The minimum absolute atomic E-state index is 0.141. The first kappa shape index (κ1) is 13.9. The van der Waals surface area contributed by atoms with E-state index >= 15 is 0 Å². The Hall–Kier alpha value is -1.78. The SMILES string of the molecule is C1=C2Oc3ccccc3OC2NNC1/C=C/C1CCCCC1. The molecule has 1 aliphatic carbocycles. The van der Waals surface area contributed by atoms with Crippen molar-refractivity contribution in [3.63, 3.8) is 0 Å². The Morgan fingerprint density at radius 2 is 1.77 bits per heavy atom. The van der Waals surface area contributed by atoms with Gasteiger partial charge in [-0.2, -0.15) is 0 Å². The number of hydrogen-bond donors (Lipinski definition) is 2. The Morgan fingerprint density at radius 1 is 0.955 bits per heavy atom. The average molecular weight is 298 g/mol. The fourth-order valence-corrected chi connectivity index (χ4v) is 3.32. The normalized spacial score (nSPS) is 28.3. The van der Waals surface area contributed by atoms with Crippen molar-refractivity contribution in [2.75, 3.05) is 0 Å². The summed E-state index contributed by atoms with van der Waals surface area (Å²) in [6.45, 7) is 0. The van der Waals surface area contributed by atoms with Crippen LogP contribution >= 0.6 is 0 Å². The van der Waals surface area contributed by atoms with Crippen LogP contribution in [0.25, 0.3) is 0 Å². The molecule has 22 heavy (non-hydrogen) atoms. The predicted molar refractivity (Wildman–Crippen MR) is 85.3 cm³/mol. The number of rotatable bonds is 2. The highest BCUT2D eigenvalue weighted by molar-refractivity contribution is 5.43. The van der Waals surface area contributed by atoms with E-state index in [1.807, 2.05) is 24.3 Å². The molecule has 0 spiro atoms. The summed E-state index contributed by atoms with van der Waals surface area (Å²) >= 11 is 0. The Labute approximate surface area is 131 Å². The number of allylic oxidation sites excluding steroid dienone is 1. The van der Waals surface area contributed by atoms with E-state index in [1.54, 1.807) is 0 Å². The lowest BCUT2D eigenvalue weighted by Crippen LogP contribution is -2.54. The largest absolute Gasteiger partial charge is 0.463 e. The van der Waals surface area contributed by atoms with Gasteiger partial charge in [-0.1, -0.05) is 43.5 Å². The van der Waals surface area contributed by atoms with Crippen LogP contribution in [0.4, 0.5) is 0 Å². The third kappa shape index (κ3) is 2.89. The van der Waals surface area contributed by atoms with Crippen LogP contribution in [0.1, 0.15) is 32.1 Å². The molecule has 3 aliphatic rings. The van der Waals surface area contributed by atoms with E-state index < -0.39 is 0 Å². The lowest BCUT2D eigenvalue weighted by Gasteiger charge is -2.34. The second-order valence-corrected chi connectivity index (χ2v) is 6.21. The van der Waals surface area contributed by atoms with Crippen LogP contribution in [0.15, 0.2) is 48.3 Å². The summed E-state index contributed by atoms with van der Waals surface area (Å²) in [5.74, 6) is 3.12. The molecule has 4 heteroatoms. The quantitative estimate of drug-likeness (QED) is 0.822. The topological polar surface area (TPSA) is 42.5 Å². The first-order chi connectivity index (χ1) is 10.9. The predicted octanol–water partition coefficient (Wildman–Crippen LogP) is 3.28. The van der Waals surface area contributed by atoms with E-state index in [0.29, 0.717) is 0 Å². The van der Waals surface area contributed by atoms with Crippen LogP contribution < -0.4 is 20.3 Å². The fourth-order valence-electron chi connectivity index (χ4n) is 3.32. The van der Waals surface area contributed by atoms with Gasteiger partial charge in [0, 0.05) is 0 Å². The number of benzene rings is 1. The second-order valence-electron chi connectivity index (χ2n) is 6.21. The zero-order valence-corrected chi connectivity index (χ0v) is 12.6. The molecule has 1 saturated carbocycles. The van der Waals surface area contributed by atoms with Gasteiger partial charge in [0.25, 0.3) is 0 Å². The van der Waals surface area contributed by atoms with E-state index in [1.165, 1.54) is 32.1 Å². The minimum Gasteiger partial charge on any atom is -0.463 e. The zero-order valence-electron chi connectivity index (χ0n) is 12.6. The Kier molecular flexibility index (Phi) is 3.87. The molecule has 1 fully saturated rings. The van der Waals surface area contributed by atoms with Crippen LogP contribution in [0.5, 0.6) is 11.5 Å². The maximum absolute atomic E-state index is 5.96. The van der Waals surface area contributed by atoms with Crippen LogP contribution in [-0.2, 0) is 0 Å². The summed E-state index contributed by atoms with van der Waals surface area (Å²) in [5, 5.41) is 0. The van der Waals surface area contributed by atoms with E-state index in [4.69, 9.17) is 9.47 Å². The molecule has 2 aliphatic heterocycles. The molecule has 116 valence electrons. The smallest absolute Gasteiger partial charge is 0.221 e. The number of ether oxygens (including phenoxy) is 2. The lowest BCUT2D eigenvalue weighted by molar-refractivity contribution is 0.0931. The zero-order chi connectivity index (χ0) is 14.8. The molecule has 0 amide bonds. The first-order valence-corrected chi connectivity index (χ1v) is 8.23. The minimum atomic E-state index is -0.255. The first-order valence-electron chi connectivity index (χ1n) is 8.23. The molecule has 1 aromatic carbocycles. The third-order valence-electron chi connectivity index (χ3n) is 4.55. The van der Waals surface area contributed by atoms with E-state index in [2.05, 4.69) is 29.1 Å². The van der Waals surface area contributed by atoms with Gasteiger partial charge < -0.3 is 9.47 Å². The highest BCUT2D eigenvalue weighted by Gasteiger charge is 2.30. The number of hydrazine groups is 1. The lowest BCUT2D eigenvalue weighted by atomic mass is 9.89. The Morgan fingerprint density at radius 3 is 2.64 bits per heavy atom. The van der Waals surface area contributed by atoms with Crippen molar-refractivity contribution < 1.29 is 9.47 Å².